The summed E-state index contributed by atoms with van der Waals surface area (Å²) in [5.74, 6) is 0.517. The first-order chi connectivity index (χ1) is 22.7. The van der Waals surface area contributed by atoms with Gasteiger partial charge in [0.1, 0.15) is 0 Å². The van der Waals surface area contributed by atoms with Gasteiger partial charge in [0.05, 0.1) is 28.1 Å². The Bertz CT molecular complexity index is 2590. The molecular formula is C43H30N2S. The average molecular weight is 607 g/mol. The summed E-state index contributed by atoms with van der Waals surface area (Å²) >= 11 is 1.89. The molecule has 0 N–H and O–H groups in total. The van der Waals surface area contributed by atoms with E-state index >= 15 is 0 Å². The normalized spacial score (nSPS) is 15.6. The van der Waals surface area contributed by atoms with Crippen molar-refractivity contribution in [1.29, 1.82) is 0 Å². The van der Waals surface area contributed by atoms with Crippen LogP contribution < -0.4 is 4.90 Å². The third-order valence-electron chi connectivity index (χ3n) is 9.83. The van der Waals surface area contributed by atoms with E-state index in [1.807, 2.05) is 11.3 Å². The zero-order chi connectivity index (χ0) is 30.4. The second-order valence-electron chi connectivity index (χ2n) is 12.7. The average Bonchev–Trinajstić information content (AvgIpc) is 3.65. The van der Waals surface area contributed by atoms with Gasteiger partial charge in [-0.2, -0.15) is 0 Å². The Labute approximate surface area is 271 Å². The number of aromatic nitrogens is 1. The van der Waals surface area contributed by atoms with Crippen LogP contribution in [0, 0.1) is 5.92 Å². The van der Waals surface area contributed by atoms with Crippen molar-refractivity contribution in [3.63, 3.8) is 0 Å². The molecule has 1 aliphatic carbocycles. The van der Waals surface area contributed by atoms with Gasteiger partial charge < -0.3 is 9.47 Å². The number of para-hydroxylation sites is 3. The molecule has 0 fully saturated rings. The van der Waals surface area contributed by atoms with Gasteiger partial charge in [0, 0.05) is 36.6 Å². The van der Waals surface area contributed by atoms with Crippen LogP contribution in [0.2, 0.25) is 0 Å². The van der Waals surface area contributed by atoms with E-state index in [-0.39, 0.29) is 0 Å². The number of nitrogens with zero attached hydrogens (tertiary/aromatic N) is 2. The van der Waals surface area contributed by atoms with Crippen molar-refractivity contribution in [2.24, 2.45) is 5.92 Å². The molecule has 1 atom stereocenters. The minimum Gasteiger partial charge on any atom is -0.310 e. The van der Waals surface area contributed by atoms with Crippen molar-refractivity contribution in [2.75, 3.05) is 4.90 Å². The number of thiophene rings is 1. The molecule has 0 saturated carbocycles. The van der Waals surface area contributed by atoms with Gasteiger partial charge in [0.25, 0.3) is 0 Å². The number of benzene rings is 6. The number of hydrogen-bond donors (Lipinski definition) is 0. The highest BCUT2D eigenvalue weighted by Crippen LogP contribution is 2.49. The zero-order valence-corrected chi connectivity index (χ0v) is 26.3. The summed E-state index contributed by atoms with van der Waals surface area (Å²) in [6.45, 7) is 2.30. The van der Waals surface area contributed by atoms with Crippen LogP contribution in [-0.4, -0.2) is 4.57 Å². The Kier molecular flexibility index (Phi) is 5.52. The van der Waals surface area contributed by atoms with Crippen LogP contribution in [0.25, 0.3) is 69.9 Å². The van der Waals surface area contributed by atoms with Crippen molar-refractivity contribution in [2.45, 2.75) is 13.3 Å². The third kappa shape index (κ3) is 3.70. The molecule has 0 bridgehead atoms. The van der Waals surface area contributed by atoms with E-state index in [0.29, 0.717) is 5.92 Å². The van der Waals surface area contributed by atoms with Crippen molar-refractivity contribution in [3.05, 3.63) is 151 Å². The fourth-order valence-corrected chi connectivity index (χ4v) is 9.01. The van der Waals surface area contributed by atoms with Gasteiger partial charge in [-0.1, -0.05) is 104 Å². The van der Waals surface area contributed by atoms with Gasteiger partial charge in [-0.15, -0.1) is 11.3 Å². The predicted octanol–water partition coefficient (Wildman–Crippen LogP) is 12.4. The first-order valence-electron chi connectivity index (χ1n) is 16.1. The molecule has 0 amide bonds. The molecule has 10 rings (SSSR count). The van der Waals surface area contributed by atoms with E-state index in [1.165, 1.54) is 87.0 Å². The Morgan fingerprint density at radius 1 is 0.609 bits per heavy atom. The van der Waals surface area contributed by atoms with Crippen molar-refractivity contribution >= 4 is 64.7 Å². The van der Waals surface area contributed by atoms with E-state index in [0.717, 1.165) is 6.42 Å². The summed E-state index contributed by atoms with van der Waals surface area (Å²) in [5, 5.41) is 5.25. The van der Waals surface area contributed by atoms with Crippen molar-refractivity contribution in [1.82, 2.24) is 4.57 Å². The predicted molar refractivity (Wildman–Crippen MR) is 198 cm³/mol. The molecule has 8 aromatic rings. The van der Waals surface area contributed by atoms with Gasteiger partial charge in [-0.25, -0.2) is 0 Å². The maximum atomic E-state index is 2.50. The van der Waals surface area contributed by atoms with Crippen molar-refractivity contribution < 1.29 is 0 Å². The van der Waals surface area contributed by atoms with E-state index in [9.17, 15) is 0 Å². The summed E-state index contributed by atoms with van der Waals surface area (Å²) in [5.41, 5.74) is 12.6. The molecule has 0 radical (unpaired) electrons. The molecule has 3 heteroatoms. The van der Waals surface area contributed by atoms with Gasteiger partial charge in [-0.3, -0.25) is 0 Å². The second kappa shape index (κ2) is 9.81. The molecule has 3 heterocycles. The highest BCUT2D eigenvalue weighted by atomic mass is 32.1. The molecular weight excluding hydrogens is 577 g/mol. The second-order valence-corrected chi connectivity index (χ2v) is 13.7. The fraction of sp³-hybridized carbons (Fsp3) is 0.0698. The highest BCUT2D eigenvalue weighted by molar-refractivity contribution is 7.26. The Morgan fingerprint density at radius 2 is 1.35 bits per heavy atom. The molecule has 1 aliphatic heterocycles. The molecule has 0 saturated heterocycles. The third-order valence-corrected chi connectivity index (χ3v) is 11.0. The number of hydrogen-bond acceptors (Lipinski definition) is 2. The maximum absolute atomic E-state index is 2.50. The van der Waals surface area contributed by atoms with Crippen LogP contribution in [0.15, 0.2) is 151 Å². The molecule has 2 nitrogen and oxygen atoms in total. The molecule has 0 spiro atoms. The van der Waals surface area contributed by atoms with E-state index in [1.54, 1.807) is 0 Å². The van der Waals surface area contributed by atoms with E-state index < -0.39 is 0 Å². The van der Waals surface area contributed by atoms with Gasteiger partial charge >= 0.3 is 0 Å². The SMILES string of the molecule is CC1C=CC=C(N2c3ccccc3-n3c4ccc(-c5cccc(-c6cccc7c6sc6ccccc67)c5)cc4c4cccc2c43)C1. The van der Waals surface area contributed by atoms with E-state index in [2.05, 4.69) is 162 Å². The number of fused-ring (bicyclic) bond motifs is 8. The number of rotatable bonds is 3. The molecule has 2 aromatic heterocycles. The summed E-state index contributed by atoms with van der Waals surface area (Å²) in [7, 11) is 0. The lowest BCUT2D eigenvalue weighted by Crippen LogP contribution is -2.24. The quantitative estimate of drug-likeness (QED) is 0.194. The summed E-state index contributed by atoms with van der Waals surface area (Å²) < 4.78 is 5.17. The Hall–Kier alpha value is -5.38. The lowest BCUT2D eigenvalue weighted by molar-refractivity contribution is 0.695. The minimum absolute atomic E-state index is 0.517. The molecule has 1 unspecified atom stereocenters. The van der Waals surface area contributed by atoms with Gasteiger partial charge in [0.2, 0.25) is 0 Å². The van der Waals surface area contributed by atoms with Crippen LogP contribution >= 0.6 is 11.3 Å². The monoisotopic (exact) mass is 606 g/mol. The van der Waals surface area contributed by atoms with Crippen LogP contribution in [0.3, 0.4) is 0 Å². The fourth-order valence-electron chi connectivity index (χ4n) is 7.77. The largest absolute Gasteiger partial charge is 0.310 e. The molecule has 218 valence electrons. The van der Waals surface area contributed by atoms with E-state index in [4.69, 9.17) is 0 Å². The standard InChI is InChI=1S/C43H30N2S/c1-27-10-6-13-31(24-27)44-38-18-3-4-19-39(38)45-37-23-22-29(26-36(37)34-16-9-20-40(44)42(34)45)28-11-7-12-30(25-28)32-15-8-17-35-33-14-2-5-21-41(33)46-43(32)35/h2-23,25-27H,24H2,1H3. The summed E-state index contributed by atoms with van der Waals surface area (Å²) in [6, 6.07) is 47.2. The van der Waals surface area contributed by atoms with Crippen LogP contribution in [0.4, 0.5) is 11.4 Å². The summed E-state index contributed by atoms with van der Waals surface area (Å²) in [4.78, 5) is 2.50. The minimum atomic E-state index is 0.517. The van der Waals surface area contributed by atoms with Crippen LogP contribution in [0.1, 0.15) is 13.3 Å². The number of anilines is 2. The molecule has 2 aliphatic rings. The molecule has 6 aromatic carbocycles. The maximum Gasteiger partial charge on any atom is 0.0783 e. The molecule has 46 heavy (non-hydrogen) atoms. The van der Waals surface area contributed by atoms with Gasteiger partial charge in [-0.05, 0) is 83.1 Å². The van der Waals surface area contributed by atoms with Crippen LogP contribution in [-0.2, 0) is 0 Å². The first kappa shape index (κ1) is 25.9. The first-order valence-corrected chi connectivity index (χ1v) is 16.9. The lowest BCUT2D eigenvalue weighted by atomic mass is 9.97. The Morgan fingerprint density at radius 3 is 2.28 bits per heavy atom. The van der Waals surface area contributed by atoms with Crippen LogP contribution in [0.5, 0.6) is 0 Å². The highest BCUT2D eigenvalue weighted by Gasteiger charge is 2.30. The Balaban J connectivity index is 1.16. The number of allylic oxidation sites excluding steroid dienone is 4. The zero-order valence-electron chi connectivity index (χ0n) is 25.4. The smallest absolute Gasteiger partial charge is 0.0783 e. The summed E-state index contributed by atoms with van der Waals surface area (Å²) in [6.07, 6.45) is 7.84. The lowest BCUT2D eigenvalue weighted by Gasteiger charge is -2.36. The topological polar surface area (TPSA) is 8.17 Å². The van der Waals surface area contributed by atoms with Gasteiger partial charge in [0.15, 0.2) is 0 Å². The van der Waals surface area contributed by atoms with Crippen molar-refractivity contribution in [3.8, 4) is 27.9 Å².